The molecule has 0 saturated heterocycles. The maximum Gasteiger partial charge on any atom is 0.261 e. The number of hydrogen-bond acceptors (Lipinski definition) is 3. The van der Waals surface area contributed by atoms with Gasteiger partial charge >= 0.3 is 0 Å². The molecule has 0 aromatic heterocycles. The molecule has 2 rings (SSSR count). The van der Waals surface area contributed by atoms with Crippen molar-refractivity contribution in [2.75, 3.05) is 6.61 Å². The van der Waals surface area contributed by atoms with E-state index in [1.807, 2.05) is 68.4 Å². The molecule has 0 fully saturated rings. The Morgan fingerprint density at radius 2 is 1.60 bits per heavy atom. The van der Waals surface area contributed by atoms with Crippen LogP contribution in [0.4, 0.5) is 0 Å². The van der Waals surface area contributed by atoms with Gasteiger partial charge in [0.05, 0.1) is 0 Å². The first kappa shape index (κ1) is 23.5. The molecular formula is C25H34N2O3. The molecular weight excluding hydrogens is 376 g/mol. The Morgan fingerprint density at radius 1 is 0.967 bits per heavy atom. The Balaban J connectivity index is 2.09. The SMILES string of the molecule is CC[C@H](C)NC(=O)[C@@H](C)N(Cc1ccccc1)C(=O)COc1ccc(C(C)C)cc1. The zero-order chi connectivity index (χ0) is 22.1. The van der Waals surface area contributed by atoms with Gasteiger partial charge in [-0.1, -0.05) is 63.2 Å². The van der Waals surface area contributed by atoms with Crippen LogP contribution in [0.3, 0.4) is 0 Å². The van der Waals surface area contributed by atoms with Crippen molar-refractivity contribution >= 4 is 11.8 Å². The summed E-state index contributed by atoms with van der Waals surface area (Å²) >= 11 is 0. The summed E-state index contributed by atoms with van der Waals surface area (Å²) in [5.74, 6) is 0.699. The van der Waals surface area contributed by atoms with Crippen LogP contribution in [0.15, 0.2) is 54.6 Å². The first-order valence-electron chi connectivity index (χ1n) is 10.7. The summed E-state index contributed by atoms with van der Waals surface area (Å²) in [6.07, 6.45) is 0.834. The second-order valence-electron chi connectivity index (χ2n) is 8.01. The normalized spacial score (nSPS) is 12.9. The molecule has 0 spiro atoms. The highest BCUT2D eigenvalue weighted by atomic mass is 16.5. The molecule has 162 valence electrons. The Morgan fingerprint density at radius 3 is 2.17 bits per heavy atom. The van der Waals surface area contributed by atoms with Crippen molar-refractivity contribution in [1.82, 2.24) is 10.2 Å². The highest BCUT2D eigenvalue weighted by Gasteiger charge is 2.27. The largest absolute Gasteiger partial charge is 0.484 e. The smallest absolute Gasteiger partial charge is 0.261 e. The van der Waals surface area contributed by atoms with Gasteiger partial charge in [0, 0.05) is 12.6 Å². The number of ether oxygens (including phenoxy) is 1. The molecule has 0 saturated carbocycles. The molecule has 5 nitrogen and oxygen atoms in total. The monoisotopic (exact) mass is 410 g/mol. The lowest BCUT2D eigenvalue weighted by molar-refractivity contribution is -0.142. The fourth-order valence-electron chi connectivity index (χ4n) is 3.01. The molecule has 0 aliphatic rings. The molecule has 2 amide bonds. The minimum atomic E-state index is -0.598. The summed E-state index contributed by atoms with van der Waals surface area (Å²) in [6.45, 7) is 10.2. The number of rotatable bonds is 10. The molecule has 0 aliphatic heterocycles. The summed E-state index contributed by atoms with van der Waals surface area (Å²) in [7, 11) is 0. The van der Waals surface area contributed by atoms with Gasteiger partial charge in [-0.25, -0.2) is 0 Å². The second kappa shape index (κ2) is 11.4. The van der Waals surface area contributed by atoms with E-state index in [4.69, 9.17) is 4.74 Å². The molecule has 0 aliphatic carbocycles. The van der Waals surface area contributed by atoms with E-state index >= 15 is 0 Å². The van der Waals surface area contributed by atoms with E-state index in [0.29, 0.717) is 18.2 Å². The van der Waals surface area contributed by atoms with Gasteiger partial charge in [0.15, 0.2) is 6.61 Å². The lowest BCUT2D eigenvalue weighted by atomic mass is 10.0. The van der Waals surface area contributed by atoms with Crippen LogP contribution >= 0.6 is 0 Å². The van der Waals surface area contributed by atoms with Crippen LogP contribution in [0.2, 0.25) is 0 Å². The molecule has 1 N–H and O–H groups in total. The molecule has 0 heterocycles. The van der Waals surface area contributed by atoms with Crippen LogP contribution in [0.25, 0.3) is 0 Å². The molecule has 2 aromatic rings. The minimum absolute atomic E-state index is 0.0596. The van der Waals surface area contributed by atoms with Crippen LogP contribution in [0, 0.1) is 0 Å². The average molecular weight is 411 g/mol. The third kappa shape index (κ3) is 6.90. The quantitative estimate of drug-likeness (QED) is 0.626. The molecule has 2 aromatic carbocycles. The maximum atomic E-state index is 13.0. The van der Waals surface area contributed by atoms with Crippen LogP contribution < -0.4 is 10.1 Å². The summed E-state index contributed by atoms with van der Waals surface area (Å²) in [4.78, 5) is 27.3. The van der Waals surface area contributed by atoms with Crippen molar-refractivity contribution in [3.63, 3.8) is 0 Å². The van der Waals surface area contributed by atoms with E-state index in [0.717, 1.165) is 12.0 Å². The summed E-state index contributed by atoms with van der Waals surface area (Å²) in [5, 5.41) is 2.97. The fraction of sp³-hybridized carbons (Fsp3) is 0.440. The van der Waals surface area contributed by atoms with Gasteiger partial charge in [0.25, 0.3) is 5.91 Å². The van der Waals surface area contributed by atoms with Crippen LogP contribution in [-0.2, 0) is 16.1 Å². The first-order chi connectivity index (χ1) is 14.3. The fourth-order valence-corrected chi connectivity index (χ4v) is 3.01. The molecule has 0 bridgehead atoms. The van der Waals surface area contributed by atoms with Gasteiger partial charge < -0.3 is 15.0 Å². The van der Waals surface area contributed by atoms with Crippen LogP contribution in [0.1, 0.15) is 58.1 Å². The van der Waals surface area contributed by atoms with Crippen molar-refractivity contribution in [2.24, 2.45) is 0 Å². The van der Waals surface area contributed by atoms with Crippen molar-refractivity contribution in [1.29, 1.82) is 0 Å². The molecule has 30 heavy (non-hydrogen) atoms. The minimum Gasteiger partial charge on any atom is -0.484 e. The van der Waals surface area contributed by atoms with Gasteiger partial charge in [-0.2, -0.15) is 0 Å². The van der Waals surface area contributed by atoms with Crippen molar-refractivity contribution in [3.05, 3.63) is 65.7 Å². The predicted octanol–water partition coefficient (Wildman–Crippen LogP) is 4.52. The van der Waals surface area contributed by atoms with E-state index in [9.17, 15) is 9.59 Å². The second-order valence-corrected chi connectivity index (χ2v) is 8.01. The Bertz CT molecular complexity index is 803. The molecule has 0 unspecified atom stereocenters. The van der Waals surface area contributed by atoms with Gasteiger partial charge in [-0.15, -0.1) is 0 Å². The van der Waals surface area contributed by atoms with Gasteiger partial charge in [-0.3, -0.25) is 9.59 Å². The zero-order valence-corrected chi connectivity index (χ0v) is 18.7. The van der Waals surface area contributed by atoms with Gasteiger partial charge in [-0.05, 0) is 49.4 Å². The van der Waals surface area contributed by atoms with E-state index in [2.05, 4.69) is 19.2 Å². The lowest BCUT2D eigenvalue weighted by Gasteiger charge is -2.29. The number of nitrogens with one attached hydrogen (secondary N) is 1. The number of nitrogens with zero attached hydrogens (tertiary/aromatic N) is 1. The predicted molar refractivity (Wildman–Crippen MR) is 120 cm³/mol. The zero-order valence-electron chi connectivity index (χ0n) is 18.7. The Labute approximate surface area is 180 Å². The van der Waals surface area contributed by atoms with Crippen LogP contribution in [0.5, 0.6) is 5.75 Å². The number of hydrogen-bond donors (Lipinski definition) is 1. The number of benzene rings is 2. The first-order valence-corrected chi connectivity index (χ1v) is 10.7. The topological polar surface area (TPSA) is 58.6 Å². The Kier molecular flexibility index (Phi) is 8.90. The molecule has 2 atom stereocenters. The van der Waals surface area contributed by atoms with E-state index in [1.165, 1.54) is 5.56 Å². The van der Waals surface area contributed by atoms with E-state index in [1.54, 1.807) is 11.8 Å². The molecule has 5 heteroatoms. The highest BCUT2D eigenvalue weighted by molar-refractivity contribution is 5.88. The third-order valence-electron chi connectivity index (χ3n) is 5.27. The van der Waals surface area contributed by atoms with Gasteiger partial charge in [0.1, 0.15) is 11.8 Å². The van der Waals surface area contributed by atoms with Crippen molar-refractivity contribution < 1.29 is 14.3 Å². The number of amides is 2. The maximum absolute atomic E-state index is 13.0. The summed E-state index contributed by atoms with van der Waals surface area (Å²) in [5.41, 5.74) is 2.19. The molecule has 0 radical (unpaired) electrons. The van der Waals surface area contributed by atoms with Crippen molar-refractivity contribution in [3.8, 4) is 5.75 Å². The van der Waals surface area contributed by atoms with E-state index in [-0.39, 0.29) is 24.5 Å². The summed E-state index contributed by atoms with van der Waals surface area (Å²) < 4.78 is 5.73. The number of carbonyl (C=O) groups excluding carboxylic acids is 2. The van der Waals surface area contributed by atoms with Gasteiger partial charge in [0.2, 0.25) is 5.91 Å². The van der Waals surface area contributed by atoms with Crippen molar-refractivity contribution in [2.45, 2.75) is 65.6 Å². The Hall–Kier alpha value is -2.82. The standard InChI is InChI=1S/C25H34N2O3/c1-6-19(4)26-25(29)20(5)27(16-21-10-8-7-9-11-21)24(28)17-30-23-14-12-22(13-15-23)18(2)3/h7-15,18-20H,6,16-17H2,1-5H3,(H,26,29)/t19-,20+/m0/s1. The summed E-state index contributed by atoms with van der Waals surface area (Å²) in [6, 6.07) is 16.9. The lowest BCUT2D eigenvalue weighted by Crippen LogP contribution is -2.50. The van der Waals surface area contributed by atoms with Crippen LogP contribution in [-0.4, -0.2) is 35.4 Å². The highest BCUT2D eigenvalue weighted by Crippen LogP contribution is 2.19. The van der Waals surface area contributed by atoms with E-state index < -0.39 is 6.04 Å². The third-order valence-corrected chi connectivity index (χ3v) is 5.27. The average Bonchev–Trinajstić information content (AvgIpc) is 2.76. The number of carbonyl (C=O) groups is 2.